The number of nitrogens with one attached hydrogen (secondary N) is 1. The molecule has 3 N–H and O–H groups in total. The van der Waals surface area contributed by atoms with Crippen molar-refractivity contribution in [2.75, 3.05) is 18.1 Å². The zero-order valence-corrected chi connectivity index (χ0v) is 11.3. The smallest absolute Gasteiger partial charge is 0.411 e. The Kier molecular flexibility index (Phi) is 3.52. The van der Waals surface area contributed by atoms with Gasteiger partial charge in [-0.3, -0.25) is 9.69 Å². The van der Waals surface area contributed by atoms with Gasteiger partial charge in [0.25, 0.3) is 5.91 Å². The van der Waals surface area contributed by atoms with Crippen LogP contribution in [0.15, 0.2) is 18.2 Å². The molecule has 0 saturated carbocycles. The molecule has 0 radical (unpaired) electrons. The highest BCUT2D eigenvalue weighted by molar-refractivity contribution is 5.96. The molecule has 0 aromatic heterocycles. The molecule has 2 heterocycles. The number of rotatable bonds is 2. The quantitative estimate of drug-likeness (QED) is 0.740. The minimum absolute atomic E-state index is 0.291. The van der Waals surface area contributed by atoms with Crippen LogP contribution in [0, 0.1) is 0 Å². The van der Waals surface area contributed by atoms with Crippen molar-refractivity contribution < 1.29 is 24.5 Å². The molecule has 0 spiro atoms. The Hall–Kier alpha value is -2.12. The molecule has 7 nitrogen and oxygen atoms in total. The summed E-state index contributed by atoms with van der Waals surface area (Å²) >= 11 is 0. The lowest BCUT2D eigenvalue weighted by Gasteiger charge is -2.16. The molecule has 2 amide bonds. The van der Waals surface area contributed by atoms with E-state index in [0.29, 0.717) is 37.2 Å². The second-order valence-corrected chi connectivity index (χ2v) is 5.16. The molecule has 21 heavy (non-hydrogen) atoms. The van der Waals surface area contributed by atoms with E-state index in [1.54, 1.807) is 18.2 Å². The number of aliphatic hydroxyl groups excluding tert-OH is 1. The summed E-state index contributed by atoms with van der Waals surface area (Å²) in [6.07, 6.45) is -0.786. The number of hydrogen-bond acceptors (Lipinski definition) is 4. The fourth-order valence-electron chi connectivity index (χ4n) is 2.71. The van der Waals surface area contributed by atoms with E-state index >= 15 is 0 Å². The average Bonchev–Trinajstić information content (AvgIpc) is 3.04. The fourth-order valence-corrected chi connectivity index (χ4v) is 2.71. The van der Waals surface area contributed by atoms with Crippen molar-refractivity contribution in [3.8, 4) is 0 Å². The van der Waals surface area contributed by atoms with E-state index in [1.165, 1.54) is 4.90 Å². The highest BCUT2D eigenvalue weighted by Crippen LogP contribution is 2.29. The van der Waals surface area contributed by atoms with Crippen LogP contribution in [0.25, 0.3) is 0 Å². The zero-order chi connectivity index (χ0) is 15.0. The summed E-state index contributed by atoms with van der Waals surface area (Å²) in [6.45, 7) is 0.828. The van der Waals surface area contributed by atoms with Gasteiger partial charge in [0.05, 0.1) is 18.3 Å². The maximum absolute atomic E-state index is 12.2. The largest absolute Gasteiger partial charge is 0.465 e. The maximum atomic E-state index is 12.2. The summed E-state index contributed by atoms with van der Waals surface area (Å²) in [5.74, 6) is -0.291. The lowest BCUT2D eigenvalue weighted by atomic mass is 10.1. The molecule has 3 rings (SSSR count). The SMILES string of the molecule is O=C(N[C@H]1CCOC1O)c1ccc2c(c1)CCN2C(=O)O. The fraction of sp³-hybridized carbons (Fsp3) is 0.429. The zero-order valence-electron chi connectivity index (χ0n) is 11.3. The van der Waals surface area contributed by atoms with E-state index in [0.717, 1.165) is 5.56 Å². The number of carboxylic acid groups (broad SMARTS) is 1. The molecule has 0 aliphatic carbocycles. The molecule has 112 valence electrons. The van der Waals surface area contributed by atoms with Crippen molar-refractivity contribution in [1.29, 1.82) is 0 Å². The van der Waals surface area contributed by atoms with Crippen LogP contribution in [-0.4, -0.2) is 47.7 Å². The number of nitrogens with zero attached hydrogens (tertiary/aromatic N) is 1. The summed E-state index contributed by atoms with van der Waals surface area (Å²) in [4.78, 5) is 24.5. The van der Waals surface area contributed by atoms with Gasteiger partial charge in [0.2, 0.25) is 0 Å². The van der Waals surface area contributed by atoms with Crippen molar-refractivity contribution in [2.45, 2.75) is 25.2 Å². The molecule has 1 saturated heterocycles. The Balaban J connectivity index is 1.75. The molecule has 1 fully saturated rings. The van der Waals surface area contributed by atoms with Gasteiger partial charge in [-0.15, -0.1) is 0 Å². The highest BCUT2D eigenvalue weighted by Gasteiger charge is 2.29. The number of aliphatic hydroxyl groups is 1. The predicted molar refractivity (Wildman–Crippen MR) is 73.3 cm³/mol. The van der Waals surface area contributed by atoms with E-state index in [-0.39, 0.29) is 5.91 Å². The van der Waals surface area contributed by atoms with Crippen molar-refractivity contribution >= 4 is 17.7 Å². The Morgan fingerprint density at radius 3 is 2.86 bits per heavy atom. The van der Waals surface area contributed by atoms with E-state index < -0.39 is 18.4 Å². The predicted octanol–water partition coefficient (Wildman–Crippen LogP) is 0.564. The summed E-state index contributed by atoms with van der Waals surface area (Å²) in [6, 6.07) is 4.54. The molecule has 2 atom stereocenters. The van der Waals surface area contributed by atoms with Crippen LogP contribution in [-0.2, 0) is 11.2 Å². The molecular formula is C14H16N2O5. The van der Waals surface area contributed by atoms with Gasteiger partial charge < -0.3 is 20.3 Å². The second-order valence-electron chi connectivity index (χ2n) is 5.16. The molecule has 1 aromatic rings. The number of ether oxygens (including phenoxy) is 1. The van der Waals surface area contributed by atoms with Crippen molar-refractivity contribution in [3.05, 3.63) is 29.3 Å². The Bertz CT molecular complexity index is 589. The first-order chi connectivity index (χ1) is 10.1. The summed E-state index contributed by atoms with van der Waals surface area (Å²) in [7, 11) is 0. The van der Waals surface area contributed by atoms with Crippen LogP contribution in [0.2, 0.25) is 0 Å². The normalized spacial score (nSPS) is 24.0. The van der Waals surface area contributed by atoms with Gasteiger partial charge in [0.15, 0.2) is 6.29 Å². The lowest BCUT2D eigenvalue weighted by Crippen LogP contribution is -2.40. The molecule has 2 aliphatic rings. The van der Waals surface area contributed by atoms with Crippen LogP contribution in [0.3, 0.4) is 0 Å². The van der Waals surface area contributed by atoms with Gasteiger partial charge >= 0.3 is 6.09 Å². The topological polar surface area (TPSA) is 99.1 Å². The molecular weight excluding hydrogens is 276 g/mol. The van der Waals surface area contributed by atoms with Crippen molar-refractivity contribution in [2.24, 2.45) is 0 Å². The van der Waals surface area contributed by atoms with E-state index in [1.807, 2.05) is 0 Å². The molecule has 1 unspecified atom stereocenters. The number of carbonyl (C=O) groups is 2. The molecule has 1 aromatic carbocycles. The summed E-state index contributed by atoms with van der Waals surface area (Å²) in [5.41, 5.74) is 1.93. The first-order valence-electron chi connectivity index (χ1n) is 6.80. The number of benzene rings is 1. The second kappa shape index (κ2) is 5.34. The molecule has 7 heteroatoms. The Morgan fingerprint density at radius 1 is 1.38 bits per heavy atom. The van der Waals surface area contributed by atoms with Crippen LogP contribution in [0.4, 0.5) is 10.5 Å². The number of carbonyl (C=O) groups excluding carboxylic acids is 1. The Morgan fingerprint density at radius 2 is 2.19 bits per heavy atom. The van der Waals surface area contributed by atoms with Gasteiger partial charge in [0, 0.05) is 12.1 Å². The minimum Gasteiger partial charge on any atom is -0.465 e. The van der Waals surface area contributed by atoms with Gasteiger partial charge in [-0.1, -0.05) is 0 Å². The van der Waals surface area contributed by atoms with Gasteiger partial charge in [-0.05, 0) is 36.6 Å². The van der Waals surface area contributed by atoms with Crippen LogP contribution in [0.5, 0.6) is 0 Å². The van der Waals surface area contributed by atoms with Gasteiger partial charge in [-0.2, -0.15) is 0 Å². The van der Waals surface area contributed by atoms with Crippen LogP contribution >= 0.6 is 0 Å². The van der Waals surface area contributed by atoms with Crippen LogP contribution < -0.4 is 10.2 Å². The minimum atomic E-state index is -0.989. The number of amides is 2. The summed E-state index contributed by atoms with van der Waals surface area (Å²) in [5, 5.41) is 21.3. The first kappa shape index (κ1) is 13.8. The number of fused-ring (bicyclic) bond motifs is 1. The van der Waals surface area contributed by atoms with E-state index in [4.69, 9.17) is 9.84 Å². The van der Waals surface area contributed by atoms with Crippen molar-refractivity contribution in [3.63, 3.8) is 0 Å². The maximum Gasteiger partial charge on any atom is 0.411 e. The number of hydrogen-bond donors (Lipinski definition) is 3. The average molecular weight is 292 g/mol. The lowest BCUT2D eigenvalue weighted by molar-refractivity contribution is -0.0704. The third-order valence-corrected chi connectivity index (χ3v) is 3.85. The van der Waals surface area contributed by atoms with E-state index in [2.05, 4.69) is 5.32 Å². The highest BCUT2D eigenvalue weighted by atomic mass is 16.6. The van der Waals surface area contributed by atoms with E-state index in [9.17, 15) is 14.7 Å². The number of anilines is 1. The van der Waals surface area contributed by atoms with Gasteiger partial charge in [-0.25, -0.2) is 4.79 Å². The van der Waals surface area contributed by atoms with Gasteiger partial charge in [0.1, 0.15) is 0 Å². The van der Waals surface area contributed by atoms with Crippen molar-refractivity contribution in [1.82, 2.24) is 5.32 Å². The van der Waals surface area contributed by atoms with Crippen LogP contribution in [0.1, 0.15) is 22.3 Å². The monoisotopic (exact) mass is 292 g/mol. The third kappa shape index (κ3) is 2.57. The third-order valence-electron chi connectivity index (χ3n) is 3.85. The molecule has 0 bridgehead atoms. The first-order valence-corrected chi connectivity index (χ1v) is 6.80. The standard InChI is InChI=1S/C14H16N2O5/c17-12(15-10-4-6-21-13(10)18)9-1-2-11-8(7-9)3-5-16(11)14(19)20/h1-2,7,10,13,18H,3-6H2,(H,15,17)(H,19,20)/t10-,13?/m0/s1. The Labute approximate surface area is 121 Å². The summed E-state index contributed by atoms with van der Waals surface area (Å²) < 4.78 is 4.99. The molecule has 2 aliphatic heterocycles.